The van der Waals surface area contributed by atoms with Crippen LogP contribution in [0.5, 0.6) is 0 Å². The van der Waals surface area contributed by atoms with Crippen molar-refractivity contribution in [2.45, 2.75) is 31.7 Å². The summed E-state index contributed by atoms with van der Waals surface area (Å²) >= 11 is 0. The summed E-state index contributed by atoms with van der Waals surface area (Å²) < 4.78 is 48.8. The molecule has 1 N–H and O–H groups in total. The number of hydrogen-bond acceptors (Lipinski definition) is 5. The van der Waals surface area contributed by atoms with Gasteiger partial charge >= 0.3 is 12.1 Å². The molecule has 0 spiro atoms. The maximum atomic E-state index is 14.2. The fourth-order valence-electron chi connectivity index (χ4n) is 3.98. The Morgan fingerprint density at radius 1 is 1.16 bits per heavy atom. The molecule has 0 saturated carbocycles. The molecule has 32 heavy (non-hydrogen) atoms. The first-order valence-corrected chi connectivity index (χ1v) is 9.89. The van der Waals surface area contributed by atoms with Gasteiger partial charge in [0.05, 0.1) is 12.8 Å². The summed E-state index contributed by atoms with van der Waals surface area (Å²) in [5.41, 5.74) is -4.38. The van der Waals surface area contributed by atoms with Crippen LogP contribution >= 0.6 is 0 Å². The van der Waals surface area contributed by atoms with Crippen LogP contribution in [0.1, 0.15) is 46.9 Å². The van der Waals surface area contributed by atoms with Gasteiger partial charge in [-0.1, -0.05) is 42.5 Å². The third kappa shape index (κ3) is 3.12. The van der Waals surface area contributed by atoms with Crippen LogP contribution in [-0.2, 0) is 15.1 Å². The lowest BCUT2D eigenvalue weighted by Gasteiger charge is -2.37. The van der Waals surface area contributed by atoms with Gasteiger partial charge in [0, 0.05) is 34.0 Å². The summed E-state index contributed by atoms with van der Waals surface area (Å²) in [5, 5.41) is 15.1. The molecule has 2 aromatic carbocycles. The third-order valence-electron chi connectivity index (χ3n) is 5.59. The number of carbonyl (C=O) groups excluding carboxylic acids is 2. The minimum atomic E-state index is -5.07. The number of hydrogen-bond donors (Lipinski definition) is 1. The average Bonchev–Trinajstić information content (AvgIpc) is 3.26. The predicted molar refractivity (Wildman–Crippen MR) is 108 cm³/mol. The molecule has 0 radical (unpaired) electrons. The molecule has 0 amide bonds. The number of fused-ring (bicyclic) bond motifs is 2. The lowest BCUT2D eigenvalue weighted by atomic mass is 9.72. The highest BCUT2D eigenvalue weighted by Gasteiger charge is 2.60. The van der Waals surface area contributed by atoms with Crippen molar-refractivity contribution in [2.24, 2.45) is 0 Å². The van der Waals surface area contributed by atoms with E-state index in [4.69, 9.17) is 4.74 Å². The van der Waals surface area contributed by atoms with Crippen LogP contribution in [-0.4, -0.2) is 39.4 Å². The number of ketones is 1. The Bertz CT molecular complexity index is 1220. The smallest absolute Gasteiger partial charge is 0.425 e. The monoisotopic (exact) mass is 444 g/mol. The predicted octanol–water partition coefficient (Wildman–Crippen LogP) is 4.02. The fourth-order valence-corrected chi connectivity index (χ4v) is 3.98. The Kier molecular flexibility index (Phi) is 5.16. The topological polar surface area (TPSA) is 81.4 Å². The third-order valence-corrected chi connectivity index (χ3v) is 5.59. The van der Waals surface area contributed by atoms with Gasteiger partial charge in [-0.05, 0) is 19.4 Å². The Morgan fingerprint density at radius 2 is 1.81 bits per heavy atom. The lowest BCUT2D eigenvalue weighted by molar-refractivity contribution is -0.248. The summed E-state index contributed by atoms with van der Waals surface area (Å²) in [6, 6.07) is 8.32. The summed E-state index contributed by atoms with van der Waals surface area (Å²) in [6.07, 6.45) is -2.26. The van der Waals surface area contributed by atoms with E-state index in [9.17, 15) is 27.9 Å². The van der Waals surface area contributed by atoms with E-state index in [0.29, 0.717) is 5.56 Å². The van der Waals surface area contributed by atoms with Gasteiger partial charge in [-0.15, -0.1) is 0 Å². The number of aliphatic hydroxyl groups is 1. The van der Waals surface area contributed by atoms with Crippen molar-refractivity contribution in [3.63, 3.8) is 0 Å². The number of rotatable bonds is 4. The van der Waals surface area contributed by atoms with Crippen LogP contribution in [0.2, 0.25) is 0 Å². The summed E-state index contributed by atoms with van der Waals surface area (Å²) in [6.45, 7) is 3.42. The maximum absolute atomic E-state index is 14.2. The van der Waals surface area contributed by atoms with Gasteiger partial charge in [-0.3, -0.25) is 9.48 Å². The van der Waals surface area contributed by atoms with Crippen molar-refractivity contribution in [3.05, 3.63) is 77.1 Å². The van der Waals surface area contributed by atoms with Gasteiger partial charge in [0.2, 0.25) is 5.60 Å². The van der Waals surface area contributed by atoms with Crippen molar-refractivity contribution >= 4 is 11.8 Å². The molecule has 2 atom stereocenters. The highest BCUT2D eigenvalue weighted by Crippen LogP contribution is 2.51. The first kappa shape index (κ1) is 21.8. The molecule has 0 bridgehead atoms. The van der Waals surface area contributed by atoms with E-state index >= 15 is 0 Å². The second-order valence-electron chi connectivity index (χ2n) is 7.45. The van der Waals surface area contributed by atoms with Gasteiger partial charge in [-0.2, -0.15) is 18.3 Å². The van der Waals surface area contributed by atoms with E-state index in [0.717, 1.165) is 12.1 Å². The number of esters is 1. The summed E-state index contributed by atoms with van der Waals surface area (Å²) in [5.74, 6) is -1.15. The quantitative estimate of drug-likeness (QED) is 0.615. The Balaban J connectivity index is 1.90. The summed E-state index contributed by atoms with van der Waals surface area (Å²) in [7, 11) is 0. The van der Waals surface area contributed by atoms with Gasteiger partial charge < -0.3 is 9.84 Å². The number of carbonyl (C=O) groups is 2. The van der Waals surface area contributed by atoms with Crippen molar-refractivity contribution < 1.29 is 32.6 Å². The molecule has 166 valence electrons. The average molecular weight is 444 g/mol. The van der Waals surface area contributed by atoms with Crippen LogP contribution < -0.4 is 0 Å². The molecule has 0 aliphatic heterocycles. The van der Waals surface area contributed by atoms with Crippen LogP contribution in [0.15, 0.2) is 54.9 Å². The van der Waals surface area contributed by atoms with E-state index in [1.54, 1.807) is 13.8 Å². The molecule has 1 aliphatic rings. The number of benzene rings is 2. The highest BCUT2D eigenvalue weighted by molar-refractivity contribution is 6.16. The highest BCUT2D eigenvalue weighted by atomic mass is 19.4. The largest absolute Gasteiger partial charge is 0.464 e. The first-order valence-electron chi connectivity index (χ1n) is 9.89. The number of ether oxygens (including phenoxy) is 1. The SMILES string of the molecule is CCOC(=O)C(C)n1cc(-c2cccc3c2C(=O)c2ccccc2C3(O)C(F)(F)F)cn1. The minimum absolute atomic E-state index is 0.173. The van der Waals surface area contributed by atoms with E-state index in [1.165, 1.54) is 47.4 Å². The van der Waals surface area contributed by atoms with Crippen molar-refractivity contribution in [2.75, 3.05) is 6.61 Å². The van der Waals surface area contributed by atoms with Gasteiger partial charge in [0.15, 0.2) is 5.78 Å². The van der Waals surface area contributed by atoms with E-state index < -0.39 is 40.7 Å². The van der Waals surface area contributed by atoms with Crippen molar-refractivity contribution in [1.82, 2.24) is 9.78 Å². The normalized spacial score (nSPS) is 18.6. The Labute approximate surface area is 181 Å². The van der Waals surface area contributed by atoms with Gasteiger partial charge in [0.25, 0.3) is 0 Å². The van der Waals surface area contributed by atoms with Crippen LogP contribution in [0.4, 0.5) is 13.2 Å². The van der Waals surface area contributed by atoms with Crippen molar-refractivity contribution in [3.8, 4) is 11.1 Å². The zero-order valence-electron chi connectivity index (χ0n) is 17.2. The molecule has 4 rings (SSSR count). The lowest BCUT2D eigenvalue weighted by Crippen LogP contribution is -2.47. The van der Waals surface area contributed by atoms with E-state index in [1.807, 2.05) is 0 Å². The zero-order chi connectivity index (χ0) is 23.3. The molecule has 1 aliphatic carbocycles. The molecule has 3 aromatic rings. The molecule has 1 aromatic heterocycles. The number of aromatic nitrogens is 2. The molecule has 0 fully saturated rings. The second kappa shape index (κ2) is 7.59. The molecule has 9 heteroatoms. The number of alkyl halides is 3. The standard InChI is InChI=1S/C23H19F3N2O4/c1-3-32-21(30)13(2)28-12-14(11-27-28)15-8-6-10-18-19(15)20(29)16-7-4-5-9-17(16)22(18,31)23(24,25)26/h4-13,31H,3H2,1-2H3. The maximum Gasteiger partial charge on any atom is 0.425 e. The molecule has 2 unspecified atom stereocenters. The molecular formula is C23H19F3N2O4. The van der Waals surface area contributed by atoms with Crippen molar-refractivity contribution in [1.29, 1.82) is 0 Å². The number of halogens is 3. The van der Waals surface area contributed by atoms with Gasteiger partial charge in [0.1, 0.15) is 6.04 Å². The van der Waals surface area contributed by atoms with E-state index in [2.05, 4.69) is 5.10 Å². The van der Waals surface area contributed by atoms with Crippen LogP contribution in [0.25, 0.3) is 11.1 Å². The molecule has 0 saturated heterocycles. The Hall–Kier alpha value is -3.46. The first-order chi connectivity index (χ1) is 15.1. The molecule has 1 heterocycles. The van der Waals surface area contributed by atoms with Crippen LogP contribution in [0.3, 0.4) is 0 Å². The summed E-state index contributed by atoms with van der Waals surface area (Å²) in [4.78, 5) is 25.3. The zero-order valence-corrected chi connectivity index (χ0v) is 17.2. The van der Waals surface area contributed by atoms with Gasteiger partial charge in [-0.25, -0.2) is 4.79 Å². The minimum Gasteiger partial charge on any atom is -0.464 e. The number of nitrogens with zero attached hydrogens (tertiary/aromatic N) is 2. The molecular weight excluding hydrogens is 425 g/mol. The fraction of sp³-hybridized carbons (Fsp3) is 0.261. The Morgan fingerprint density at radius 3 is 2.50 bits per heavy atom. The van der Waals surface area contributed by atoms with Crippen LogP contribution in [0, 0.1) is 0 Å². The second-order valence-corrected chi connectivity index (χ2v) is 7.45. The molecule has 6 nitrogen and oxygen atoms in total. The van der Waals surface area contributed by atoms with E-state index in [-0.39, 0.29) is 23.3 Å².